The highest BCUT2D eigenvalue weighted by atomic mass is 32.7. The smallest absolute Gasteiger partial charge is 0.387 e. The first-order chi connectivity index (χ1) is 21.3. The van der Waals surface area contributed by atoms with Crippen LogP contribution in [0.4, 0.5) is 20.5 Å². The Balaban J connectivity index is 1.20. The quantitative estimate of drug-likeness (QED) is 0.0901. The molecule has 27 heteroatoms. The zero-order valence-corrected chi connectivity index (χ0v) is 26.4. The van der Waals surface area contributed by atoms with Crippen molar-refractivity contribution >= 4 is 83.9 Å². The molecule has 0 saturated carbocycles. The number of aromatic amines is 1. The van der Waals surface area contributed by atoms with Crippen LogP contribution in [-0.2, 0) is 34.7 Å². The molecule has 0 bridgehead atoms. The zero-order chi connectivity index (χ0) is 32.2. The van der Waals surface area contributed by atoms with Gasteiger partial charge in [0.2, 0.25) is 5.95 Å². The van der Waals surface area contributed by atoms with Crippen LogP contribution in [0.5, 0.6) is 0 Å². The summed E-state index contributed by atoms with van der Waals surface area (Å²) in [5.74, 6) is -0.281. The van der Waals surface area contributed by atoms with E-state index in [4.69, 9.17) is 41.6 Å². The third-order valence-corrected chi connectivity index (χ3v) is 10.5. The Morgan fingerprint density at radius 2 is 1.91 bits per heavy atom. The molecule has 2 fully saturated rings. The van der Waals surface area contributed by atoms with Gasteiger partial charge in [-0.1, -0.05) is 10.4 Å². The van der Waals surface area contributed by atoms with E-state index in [2.05, 4.69) is 52.8 Å². The fraction of sp³-hybridized carbons (Fsp3) is 0.556. The number of nitrogen functional groups attached to an aromatic ring is 2. The lowest BCUT2D eigenvalue weighted by molar-refractivity contribution is -0.0511. The maximum atomic E-state index is 15.8. The Bertz CT molecular complexity index is 1870. The van der Waals surface area contributed by atoms with Gasteiger partial charge < -0.3 is 30.7 Å². The normalized spacial score (nSPS) is 30.3. The minimum Gasteiger partial charge on any atom is -0.387 e. The molecular formula is C18H21F2N12O8P2S3+. The monoisotopic (exact) mass is 729 g/mol. The second-order valence-electron chi connectivity index (χ2n) is 9.50. The molecule has 2 aliphatic rings. The minimum atomic E-state index is -4.38. The predicted molar refractivity (Wildman–Crippen MR) is 158 cm³/mol. The van der Waals surface area contributed by atoms with Crippen molar-refractivity contribution in [2.24, 2.45) is 0 Å². The van der Waals surface area contributed by atoms with Crippen molar-refractivity contribution in [3.05, 3.63) is 16.7 Å². The van der Waals surface area contributed by atoms with Crippen molar-refractivity contribution in [3.8, 4) is 0 Å². The Hall–Kier alpha value is -2.57. The van der Waals surface area contributed by atoms with Gasteiger partial charge in [-0.2, -0.15) is 9.67 Å². The number of H-pyrrole nitrogens is 1. The summed E-state index contributed by atoms with van der Waals surface area (Å²) in [5.41, 5.74) is 10.5. The van der Waals surface area contributed by atoms with Crippen LogP contribution in [-0.4, -0.2) is 109 Å². The van der Waals surface area contributed by atoms with Crippen molar-refractivity contribution in [2.75, 3.05) is 24.7 Å². The summed E-state index contributed by atoms with van der Waals surface area (Å²) in [6.45, 7) is -5.47. The summed E-state index contributed by atoms with van der Waals surface area (Å²) in [5, 5.41) is 23.5. The van der Waals surface area contributed by atoms with E-state index in [0.717, 1.165) is 27.5 Å². The summed E-state index contributed by atoms with van der Waals surface area (Å²) < 4.78 is 65.9. The van der Waals surface area contributed by atoms with E-state index in [1.165, 1.54) is 0 Å². The third-order valence-electron chi connectivity index (χ3n) is 6.69. The molecule has 0 radical (unpaired) electrons. The molecule has 6 rings (SSSR count). The Labute approximate surface area is 263 Å². The number of halogens is 2. The molecule has 0 aromatic carbocycles. The van der Waals surface area contributed by atoms with E-state index in [9.17, 15) is 19.4 Å². The van der Waals surface area contributed by atoms with Gasteiger partial charge in [0.15, 0.2) is 40.5 Å². The number of aliphatic hydroxyl groups excluding tert-OH is 1. The molecule has 10 atom stereocenters. The van der Waals surface area contributed by atoms with Crippen molar-refractivity contribution in [1.82, 2.24) is 49.9 Å². The van der Waals surface area contributed by atoms with Gasteiger partial charge in [-0.15, -0.1) is 26.5 Å². The molecule has 20 nitrogen and oxygen atoms in total. The van der Waals surface area contributed by atoms with Gasteiger partial charge in [0.1, 0.15) is 55.0 Å². The Morgan fingerprint density at radius 1 is 1.18 bits per heavy atom. The SMILES string of the molecule is Nc1nc2c(nnn2[C@@H]2S[C@H](CO[P+](=O)S)[C@@H](F)[C@H]2OP(O)(=S)OC[C@H]2O[C@@H](n3nnc4c(N)ncnc43)[C@@H](F)[C@@H]2O)c(=O)[nH]1. The lowest BCUT2D eigenvalue weighted by Gasteiger charge is -2.26. The number of aliphatic hydroxyl groups is 1. The zero-order valence-electron chi connectivity index (χ0n) is 22.0. The standard InChI is InChI=1S/C18H20F2N12O8P2S3/c19-6-5(2-37-41(35)43)45-17(32-14-9(28-30-32)15(34)26-18(22)25-14)11(6)40-42(36,44)38-1-4-10(33)7(20)16(39-4)31-13-8(27-29-31)12(21)23-3-24-13/h3-7,10-11,16-17,33H,1-2H2,(H6-,21,22,23,24,25,26,29,30,34,35,36,43,44)/p+1/t4-,5-,6-,7+,10-,11-,16-,17-,42?/m1/s1. The van der Waals surface area contributed by atoms with Crippen molar-refractivity contribution in [3.63, 3.8) is 0 Å². The first-order valence-corrected chi connectivity index (χ1v) is 18.3. The molecule has 242 valence electrons. The number of alkyl halides is 2. The molecule has 45 heavy (non-hydrogen) atoms. The third kappa shape index (κ3) is 6.26. The number of anilines is 2. The van der Waals surface area contributed by atoms with Crippen molar-refractivity contribution in [2.45, 2.75) is 47.5 Å². The summed E-state index contributed by atoms with van der Waals surface area (Å²) in [7, 11) is -2.39. The van der Waals surface area contributed by atoms with Gasteiger partial charge in [0, 0.05) is 0 Å². The van der Waals surface area contributed by atoms with Crippen LogP contribution >= 0.6 is 38.0 Å². The van der Waals surface area contributed by atoms with Crippen LogP contribution in [0.25, 0.3) is 22.3 Å². The van der Waals surface area contributed by atoms with Gasteiger partial charge in [-0.05, 0) is 16.4 Å². The van der Waals surface area contributed by atoms with Crippen LogP contribution in [0.2, 0.25) is 0 Å². The van der Waals surface area contributed by atoms with Crippen molar-refractivity contribution < 1.29 is 41.7 Å². The highest BCUT2D eigenvalue weighted by Gasteiger charge is 2.52. The molecule has 0 spiro atoms. The number of hydrogen-bond donors (Lipinski definition) is 6. The van der Waals surface area contributed by atoms with Crippen molar-refractivity contribution in [1.29, 1.82) is 0 Å². The topological polar surface area (TPSA) is 279 Å². The maximum absolute atomic E-state index is 15.8. The van der Waals surface area contributed by atoms with Gasteiger partial charge in [-0.25, -0.2) is 23.4 Å². The molecule has 7 N–H and O–H groups in total. The fourth-order valence-corrected chi connectivity index (χ4v) is 8.16. The number of nitrogens with two attached hydrogens (primary N) is 2. The van der Waals surface area contributed by atoms with Crippen LogP contribution in [0, 0.1) is 0 Å². The van der Waals surface area contributed by atoms with Crippen LogP contribution < -0.4 is 17.0 Å². The molecule has 0 amide bonds. The number of thiol groups is 1. The van der Waals surface area contributed by atoms with Crippen LogP contribution in [0.15, 0.2) is 11.1 Å². The first kappa shape index (κ1) is 32.4. The number of nitrogens with one attached hydrogen (secondary N) is 1. The van der Waals surface area contributed by atoms with E-state index in [0.29, 0.717) is 0 Å². The Morgan fingerprint density at radius 3 is 2.67 bits per heavy atom. The molecular weight excluding hydrogens is 708 g/mol. The summed E-state index contributed by atoms with van der Waals surface area (Å²) in [6, 6.07) is 0. The number of rotatable bonds is 10. The molecule has 4 aromatic rings. The van der Waals surface area contributed by atoms with Crippen LogP contribution in [0.3, 0.4) is 0 Å². The largest absolute Gasteiger partial charge is 0.582 e. The van der Waals surface area contributed by atoms with E-state index in [-0.39, 0.29) is 34.1 Å². The summed E-state index contributed by atoms with van der Waals surface area (Å²) >= 11 is 9.65. The number of hydrogen-bond acceptors (Lipinski definition) is 18. The number of thioether (sulfide) groups is 1. The number of aromatic nitrogens is 10. The fourth-order valence-electron chi connectivity index (χ4n) is 4.65. The molecule has 2 aliphatic heterocycles. The first-order valence-electron chi connectivity index (χ1n) is 12.5. The van der Waals surface area contributed by atoms with Gasteiger partial charge in [0.05, 0.1) is 11.9 Å². The number of fused-ring (bicyclic) bond motifs is 2. The van der Waals surface area contributed by atoms with Crippen LogP contribution in [0.1, 0.15) is 11.6 Å². The van der Waals surface area contributed by atoms with E-state index in [1.807, 2.05) is 0 Å². The number of ether oxygens (including phenoxy) is 1. The molecule has 2 unspecified atom stereocenters. The lowest BCUT2D eigenvalue weighted by atomic mass is 10.1. The Kier molecular flexibility index (Phi) is 9.04. The van der Waals surface area contributed by atoms with E-state index >= 15 is 8.78 Å². The second-order valence-corrected chi connectivity index (χ2v) is 15.4. The summed E-state index contributed by atoms with van der Waals surface area (Å²) in [6.07, 6.45) is -9.20. The molecule has 0 aliphatic carbocycles. The average Bonchev–Trinajstić information content (AvgIpc) is 3.73. The second kappa shape index (κ2) is 12.6. The average molecular weight is 730 g/mol. The minimum absolute atomic E-state index is 0.00840. The van der Waals surface area contributed by atoms with Gasteiger partial charge in [-0.3, -0.25) is 14.3 Å². The molecule has 6 heterocycles. The molecule has 4 aromatic heterocycles. The summed E-state index contributed by atoms with van der Waals surface area (Å²) in [4.78, 5) is 37.2. The predicted octanol–water partition coefficient (Wildman–Crippen LogP) is -0.315. The van der Waals surface area contributed by atoms with E-state index in [1.54, 1.807) is 0 Å². The molecule has 2 saturated heterocycles. The maximum Gasteiger partial charge on any atom is 0.582 e. The lowest BCUT2D eigenvalue weighted by Crippen LogP contribution is -2.33. The van der Waals surface area contributed by atoms with Gasteiger partial charge >= 0.3 is 13.9 Å². The van der Waals surface area contributed by atoms with Gasteiger partial charge in [0.25, 0.3) is 5.56 Å². The van der Waals surface area contributed by atoms with E-state index < -0.39 is 80.2 Å². The highest BCUT2D eigenvalue weighted by Crippen LogP contribution is 2.55. The number of nitrogens with zero attached hydrogens (tertiary/aromatic N) is 9. The highest BCUT2D eigenvalue weighted by molar-refractivity contribution is 8.39.